The Balaban J connectivity index is 1.33. The van der Waals surface area contributed by atoms with E-state index in [2.05, 4.69) is 35.3 Å². The fourth-order valence-corrected chi connectivity index (χ4v) is 6.62. The van der Waals surface area contributed by atoms with Crippen molar-refractivity contribution >= 4 is 43.5 Å². The molecule has 0 radical (unpaired) electrons. The van der Waals surface area contributed by atoms with E-state index in [4.69, 9.17) is 19.5 Å². The van der Waals surface area contributed by atoms with Crippen LogP contribution in [0.3, 0.4) is 0 Å². The molecule has 47 heavy (non-hydrogen) atoms. The monoisotopic (exact) mass is 620 g/mol. The van der Waals surface area contributed by atoms with Gasteiger partial charge in [-0.15, -0.1) is 0 Å². The fourth-order valence-electron chi connectivity index (χ4n) is 6.62. The Morgan fingerprint density at radius 3 is 2.21 bits per heavy atom. The maximum Gasteiger partial charge on any atom is 0.144 e. The smallest absolute Gasteiger partial charge is 0.144 e. The molecule has 0 N–H and O–H groups in total. The Bertz CT molecular complexity index is 2930. The first-order chi connectivity index (χ1) is 27.1. The lowest BCUT2D eigenvalue weighted by atomic mass is 9.86. The highest BCUT2D eigenvalue weighted by molar-refractivity contribution is 6.23. The molecule has 0 bridgehead atoms. The average Bonchev–Trinajstić information content (AvgIpc) is 3.55. The van der Waals surface area contributed by atoms with Gasteiger partial charge in [-0.25, -0.2) is 0 Å². The minimum atomic E-state index is -2.76. The van der Waals surface area contributed by atoms with Crippen molar-refractivity contribution in [3.8, 4) is 33.5 Å². The molecule has 2 aromatic heterocycles. The Morgan fingerprint density at radius 1 is 0.617 bits per heavy atom. The molecule has 6 aromatic carbocycles. The molecule has 0 aliphatic heterocycles. The van der Waals surface area contributed by atoms with Gasteiger partial charge in [-0.2, -0.15) is 0 Å². The van der Waals surface area contributed by atoms with Gasteiger partial charge in [0, 0.05) is 43.0 Å². The Morgan fingerprint density at radius 2 is 1.36 bits per heavy atom. The summed E-state index contributed by atoms with van der Waals surface area (Å²) in [7, 11) is 0. The zero-order valence-corrected chi connectivity index (χ0v) is 26.3. The zero-order valence-electron chi connectivity index (χ0n) is 37.3. The number of aryl methyl sites for hydroxylation is 3. The maximum absolute atomic E-state index is 8.77. The second kappa shape index (κ2) is 11.0. The number of fused-ring (bicyclic) bond motifs is 7. The molecule has 0 fully saturated rings. The lowest BCUT2D eigenvalue weighted by Crippen LogP contribution is -2.09. The molecule has 8 rings (SSSR count). The van der Waals surface area contributed by atoms with Crippen molar-refractivity contribution in [3.05, 3.63) is 138 Å². The van der Waals surface area contributed by atoms with Crippen LogP contribution in [0.5, 0.6) is 0 Å². The van der Waals surface area contributed by atoms with Gasteiger partial charge in [0.05, 0.1) is 5.69 Å². The number of nitrogens with zero attached hydrogens (tertiary/aromatic N) is 1. The summed E-state index contributed by atoms with van der Waals surface area (Å²) in [5, 5.41) is 5.84. The van der Waals surface area contributed by atoms with Crippen molar-refractivity contribution in [2.24, 2.45) is 5.41 Å². The predicted octanol–water partition coefficient (Wildman–Crippen LogP) is 12.8. The van der Waals surface area contributed by atoms with Gasteiger partial charge < -0.3 is 4.42 Å². The molecule has 8 aromatic rings. The first-order valence-corrected chi connectivity index (χ1v) is 15.6. The van der Waals surface area contributed by atoms with Gasteiger partial charge in [0.25, 0.3) is 0 Å². The van der Waals surface area contributed by atoms with Crippen molar-refractivity contribution in [3.63, 3.8) is 0 Å². The molecule has 0 amide bonds. The van der Waals surface area contributed by atoms with E-state index in [0.717, 1.165) is 32.3 Å². The van der Waals surface area contributed by atoms with Gasteiger partial charge in [0.2, 0.25) is 0 Å². The van der Waals surface area contributed by atoms with Crippen molar-refractivity contribution < 1.29 is 19.5 Å². The summed E-state index contributed by atoms with van der Waals surface area (Å²) < 4.78 is 101. The normalized spacial score (nSPS) is 16.7. The molecule has 0 saturated carbocycles. The predicted molar refractivity (Wildman–Crippen MR) is 200 cm³/mol. The first kappa shape index (κ1) is 19.5. The molecule has 2 nitrogen and oxygen atoms in total. The Hall–Kier alpha value is -5.21. The SMILES string of the molecule is [2H]C([2H])([2H])c1cc(C([2H])([2H])C(C)(C)C)ccc1-c1ccc(-c2cc(-c3cccc4c3oc3c4ccc4ccc5ccccc5c43)ncc2C([2H])([2H])[2H])c(C([2H])([2H])[2H])c1. The van der Waals surface area contributed by atoms with E-state index in [1.54, 1.807) is 32.9 Å². The molecule has 0 spiro atoms. The van der Waals surface area contributed by atoms with E-state index >= 15 is 0 Å². The summed E-state index contributed by atoms with van der Waals surface area (Å²) >= 11 is 0. The maximum atomic E-state index is 8.77. The van der Waals surface area contributed by atoms with Crippen LogP contribution in [0.4, 0.5) is 0 Å². The summed E-state index contributed by atoms with van der Waals surface area (Å²) in [5.74, 6) is 0. The van der Waals surface area contributed by atoms with E-state index < -0.39 is 32.3 Å². The van der Waals surface area contributed by atoms with Gasteiger partial charge in [-0.05, 0) is 111 Å². The fraction of sp³-hybridized carbons (Fsp3) is 0.178. The van der Waals surface area contributed by atoms with Gasteiger partial charge in [-0.3, -0.25) is 4.98 Å². The molecule has 2 heteroatoms. The van der Waals surface area contributed by atoms with Crippen LogP contribution in [0.2, 0.25) is 0 Å². The minimum Gasteiger partial charge on any atom is -0.455 e. The summed E-state index contributed by atoms with van der Waals surface area (Å²) in [6.07, 6.45) is -0.618. The summed E-state index contributed by atoms with van der Waals surface area (Å²) in [4.78, 5) is 4.62. The van der Waals surface area contributed by atoms with Crippen molar-refractivity contribution in [2.75, 3.05) is 0 Å². The van der Waals surface area contributed by atoms with Crippen LogP contribution in [-0.2, 0) is 6.37 Å². The number of benzene rings is 6. The number of hydrogen-bond acceptors (Lipinski definition) is 2. The highest BCUT2D eigenvalue weighted by atomic mass is 16.3. The third kappa shape index (κ3) is 5.09. The van der Waals surface area contributed by atoms with E-state index in [1.807, 2.05) is 36.4 Å². The molecular weight excluding hydrogens is 571 g/mol. The summed E-state index contributed by atoms with van der Waals surface area (Å²) in [6.45, 7) is -2.90. The minimum absolute atomic E-state index is 0.128. The van der Waals surface area contributed by atoms with Gasteiger partial charge in [-0.1, -0.05) is 112 Å². The van der Waals surface area contributed by atoms with Crippen LogP contribution in [0.15, 0.2) is 120 Å². The third-order valence-corrected chi connectivity index (χ3v) is 8.71. The first-order valence-electron chi connectivity index (χ1n) is 21.1. The van der Waals surface area contributed by atoms with Crippen LogP contribution < -0.4 is 0 Å². The number of para-hydroxylation sites is 1. The van der Waals surface area contributed by atoms with Crippen LogP contribution >= 0.6 is 0 Å². The van der Waals surface area contributed by atoms with Gasteiger partial charge in [0.1, 0.15) is 11.2 Å². The summed E-state index contributed by atoms with van der Waals surface area (Å²) in [5.41, 5.74) is 1.85. The topological polar surface area (TPSA) is 26.0 Å². The van der Waals surface area contributed by atoms with Crippen LogP contribution in [-0.4, -0.2) is 4.98 Å². The number of hydrogen-bond donors (Lipinski definition) is 0. The van der Waals surface area contributed by atoms with Gasteiger partial charge in [0.15, 0.2) is 0 Å². The van der Waals surface area contributed by atoms with Crippen LogP contribution in [0.25, 0.3) is 77.0 Å². The lowest BCUT2D eigenvalue weighted by Gasteiger charge is -2.19. The van der Waals surface area contributed by atoms with Gasteiger partial charge >= 0.3 is 0 Å². The zero-order chi connectivity index (χ0) is 41.7. The number of rotatable bonds is 4. The highest BCUT2D eigenvalue weighted by Gasteiger charge is 2.18. The molecule has 0 aliphatic carbocycles. The number of furan rings is 1. The summed E-state index contributed by atoms with van der Waals surface area (Å²) in [6, 6.07) is 32.4. The molecule has 2 heterocycles. The Kier molecular flexibility index (Phi) is 4.53. The quantitative estimate of drug-likeness (QED) is 0.183. The number of aromatic nitrogens is 1. The van der Waals surface area contributed by atoms with E-state index in [0.29, 0.717) is 22.4 Å². The molecule has 230 valence electrons. The molecular formula is C45H39NO. The number of pyridine rings is 1. The molecule has 0 aliphatic rings. The molecule has 0 unspecified atom stereocenters. The second-order valence-electron chi connectivity index (χ2n) is 13.1. The van der Waals surface area contributed by atoms with Crippen LogP contribution in [0.1, 0.15) is 58.1 Å². The second-order valence-corrected chi connectivity index (χ2v) is 13.1. The Labute approximate surface area is 292 Å². The lowest BCUT2D eigenvalue weighted by molar-refractivity contribution is 0.411. The largest absolute Gasteiger partial charge is 0.455 e. The van der Waals surface area contributed by atoms with Crippen molar-refractivity contribution in [1.29, 1.82) is 0 Å². The average molecular weight is 621 g/mol. The standard InChI is InChI=1S/C45H39NO/c1-27-22-30(25-45(4,5)6)14-19-34(27)33-18-20-35(28(2)23-33)40-24-41(46-26-29(40)3)39-13-9-12-37-38-21-17-32-16-15-31-10-7-8-11-36(31)42(32)44(38)47-43(37)39/h7-24,26H,25H2,1-6H3/i1D3,2D3,3D3,25D2. The van der Waals surface area contributed by atoms with Crippen molar-refractivity contribution in [2.45, 2.75) is 47.7 Å². The van der Waals surface area contributed by atoms with E-state index in [-0.39, 0.29) is 44.5 Å². The molecule has 0 saturated heterocycles. The van der Waals surface area contributed by atoms with Crippen molar-refractivity contribution in [1.82, 2.24) is 4.98 Å². The third-order valence-electron chi connectivity index (χ3n) is 8.71. The highest BCUT2D eigenvalue weighted by Crippen LogP contribution is 2.41. The van der Waals surface area contributed by atoms with Crippen LogP contribution in [0, 0.1) is 26.0 Å². The van der Waals surface area contributed by atoms with E-state index in [9.17, 15) is 0 Å². The molecule has 0 atom stereocenters. The van der Waals surface area contributed by atoms with E-state index in [1.165, 1.54) is 36.5 Å².